The summed E-state index contributed by atoms with van der Waals surface area (Å²) in [4.78, 5) is 0. The summed E-state index contributed by atoms with van der Waals surface area (Å²) in [6.45, 7) is 4.69. The molecule has 1 fully saturated rings. The number of hydrogen-bond donors (Lipinski definition) is 1. The Morgan fingerprint density at radius 2 is 2.40 bits per heavy atom. The van der Waals surface area contributed by atoms with Crippen molar-refractivity contribution in [2.24, 2.45) is 0 Å². The van der Waals surface area contributed by atoms with E-state index in [9.17, 15) is 0 Å². The smallest absolute Gasteiger partial charge is 0.0623 e. The molecule has 0 bridgehead atoms. The van der Waals surface area contributed by atoms with E-state index in [-0.39, 0.29) is 0 Å². The summed E-state index contributed by atoms with van der Waals surface area (Å²) in [5.74, 6) is 0. The first kappa shape index (κ1) is 10.9. The molecule has 0 saturated carbocycles. The van der Waals surface area contributed by atoms with E-state index in [1.54, 1.807) is 0 Å². The number of halogens is 1. The average Bonchev–Trinajstić information content (AvgIpc) is 2.24. The van der Waals surface area contributed by atoms with Crippen molar-refractivity contribution in [1.29, 1.82) is 0 Å². The number of rotatable bonds is 2. The van der Waals surface area contributed by atoms with Crippen LogP contribution in [0.5, 0.6) is 0 Å². The van der Waals surface area contributed by atoms with Gasteiger partial charge in [0, 0.05) is 17.6 Å². The Balaban J connectivity index is 2.03. The van der Waals surface area contributed by atoms with Gasteiger partial charge >= 0.3 is 0 Å². The first-order chi connectivity index (χ1) is 7.25. The summed E-state index contributed by atoms with van der Waals surface area (Å²) in [6.07, 6.45) is 1.02. The summed E-state index contributed by atoms with van der Waals surface area (Å²) < 4.78 is 5.43. The van der Waals surface area contributed by atoms with Gasteiger partial charge in [0.05, 0.1) is 13.2 Å². The van der Waals surface area contributed by atoms with Crippen LogP contribution < -0.4 is 5.32 Å². The first-order valence-corrected chi connectivity index (χ1v) is 5.69. The van der Waals surface area contributed by atoms with Crippen LogP contribution in [0.1, 0.15) is 11.1 Å². The van der Waals surface area contributed by atoms with Crippen molar-refractivity contribution in [2.75, 3.05) is 19.8 Å². The highest BCUT2D eigenvalue weighted by Gasteiger charge is 2.14. The molecule has 1 aliphatic heterocycles. The molecule has 15 heavy (non-hydrogen) atoms. The lowest BCUT2D eigenvalue weighted by atomic mass is 10.0. The highest BCUT2D eigenvalue weighted by molar-refractivity contribution is 6.30. The summed E-state index contributed by atoms with van der Waals surface area (Å²) >= 11 is 5.92. The van der Waals surface area contributed by atoms with Crippen LogP contribution in [0, 0.1) is 6.92 Å². The number of ether oxygens (including phenoxy) is 1. The molecule has 1 N–H and O–H groups in total. The molecule has 0 spiro atoms. The van der Waals surface area contributed by atoms with Crippen LogP contribution in [0.25, 0.3) is 0 Å². The Morgan fingerprint density at radius 3 is 3.07 bits per heavy atom. The lowest BCUT2D eigenvalue weighted by Gasteiger charge is -2.24. The minimum Gasteiger partial charge on any atom is -0.379 e. The van der Waals surface area contributed by atoms with Gasteiger partial charge < -0.3 is 10.1 Å². The number of hydrogen-bond acceptors (Lipinski definition) is 2. The van der Waals surface area contributed by atoms with Crippen molar-refractivity contribution < 1.29 is 4.74 Å². The van der Waals surface area contributed by atoms with Crippen LogP contribution in [0.2, 0.25) is 5.02 Å². The van der Waals surface area contributed by atoms with Crippen molar-refractivity contribution >= 4 is 11.6 Å². The van der Waals surface area contributed by atoms with E-state index in [2.05, 4.69) is 18.3 Å². The Kier molecular flexibility index (Phi) is 3.62. The van der Waals surface area contributed by atoms with Crippen LogP contribution in [0.3, 0.4) is 0 Å². The quantitative estimate of drug-likeness (QED) is 0.833. The van der Waals surface area contributed by atoms with Gasteiger partial charge in [0.1, 0.15) is 0 Å². The average molecular weight is 226 g/mol. The van der Waals surface area contributed by atoms with E-state index >= 15 is 0 Å². The van der Waals surface area contributed by atoms with E-state index in [0.29, 0.717) is 6.04 Å². The van der Waals surface area contributed by atoms with Gasteiger partial charge in [-0.15, -0.1) is 0 Å². The molecule has 0 amide bonds. The van der Waals surface area contributed by atoms with E-state index in [1.807, 2.05) is 12.1 Å². The highest BCUT2D eigenvalue weighted by atomic mass is 35.5. The van der Waals surface area contributed by atoms with Crippen molar-refractivity contribution in [3.8, 4) is 0 Å². The van der Waals surface area contributed by atoms with Gasteiger partial charge in [0.15, 0.2) is 0 Å². The second-order valence-corrected chi connectivity index (χ2v) is 4.44. The third-order valence-corrected chi connectivity index (χ3v) is 3.00. The molecular formula is C12H16ClNO. The van der Waals surface area contributed by atoms with E-state index in [0.717, 1.165) is 31.2 Å². The number of aryl methyl sites for hydroxylation is 1. The first-order valence-electron chi connectivity index (χ1n) is 5.32. The molecule has 1 heterocycles. The predicted octanol–water partition coefficient (Wildman–Crippen LogP) is 2.18. The van der Waals surface area contributed by atoms with Gasteiger partial charge in [-0.1, -0.05) is 17.7 Å². The number of morpholine rings is 1. The minimum absolute atomic E-state index is 0.443. The minimum atomic E-state index is 0.443. The van der Waals surface area contributed by atoms with E-state index in [4.69, 9.17) is 16.3 Å². The van der Waals surface area contributed by atoms with Crippen molar-refractivity contribution in [1.82, 2.24) is 5.32 Å². The van der Waals surface area contributed by atoms with E-state index < -0.39 is 0 Å². The van der Waals surface area contributed by atoms with Crippen LogP contribution in [0.4, 0.5) is 0 Å². The zero-order valence-corrected chi connectivity index (χ0v) is 9.68. The molecule has 1 aliphatic rings. The normalized spacial score (nSPS) is 21.6. The molecule has 0 radical (unpaired) electrons. The molecule has 2 rings (SSSR count). The Morgan fingerprint density at radius 1 is 1.53 bits per heavy atom. The SMILES string of the molecule is Cc1cc(Cl)ccc1CC1COCCN1. The largest absolute Gasteiger partial charge is 0.379 e. The Labute approximate surface area is 95.6 Å². The molecular weight excluding hydrogens is 210 g/mol. The van der Waals surface area contributed by atoms with Gasteiger partial charge in [0.2, 0.25) is 0 Å². The number of benzene rings is 1. The molecule has 0 aliphatic carbocycles. The monoisotopic (exact) mass is 225 g/mol. The van der Waals surface area contributed by atoms with Crippen LogP contribution in [-0.4, -0.2) is 25.8 Å². The van der Waals surface area contributed by atoms with Crippen LogP contribution in [0.15, 0.2) is 18.2 Å². The van der Waals surface area contributed by atoms with Crippen molar-refractivity contribution in [3.05, 3.63) is 34.3 Å². The van der Waals surface area contributed by atoms with Crippen molar-refractivity contribution in [3.63, 3.8) is 0 Å². The third-order valence-electron chi connectivity index (χ3n) is 2.77. The molecule has 1 unspecified atom stereocenters. The molecule has 1 aromatic rings. The Bertz CT molecular complexity index is 334. The zero-order valence-electron chi connectivity index (χ0n) is 8.92. The Hall–Kier alpha value is -0.570. The highest BCUT2D eigenvalue weighted by Crippen LogP contribution is 2.17. The molecule has 1 saturated heterocycles. The zero-order chi connectivity index (χ0) is 10.7. The van der Waals surface area contributed by atoms with Gasteiger partial charge in [-0.2, -0.15) is 0 Å². The summed E-state index contributed by atoms with van der Waals surface area (Å²) in [7, 11) is 0. The molecule has 0 aromatic heterocycles. The number of nitrogens with one attached hydrogen (secondary N) is 1. The lowest BCUT2D eigenvalue weighted by molar-refractivity contribution is 0.0770. The van der Waals surface area contributed by atoms with Gasteiger partial charge in [-0.3, -0.25) is 0 Å². The summed E-state index contributed by atoms with van der Waals surface area (Å²) in [5, 5.41) is 4.26. The molecule has 82 valence electrons. The van der Waals surface area contributed by atoms with Gasteiger partial charge in [-0.25, -0.2) is 0 Å². The fraction of sp³-hybridized carbons (Fsp3) is 0.500. The maximum Gasteiger partial charge on any atom is 0.0623 e. The topological polar surface area (TPSA) is 21.3 Å². The predicted molar refractivity (Wildman–Crippen MR) is 62.5 cm³/mol. The van der Waals surface area contributed by atoms with Crippen molar-refractivity contribution in [2.45, 2.75) is 19.4 Å². The maximum absolute atomic E-state index is 5.92. The third kappa shape index (κ3) is 2.94. The summed E-state index contributed by atoms with van der Waals surface area (Å²) in [6, 6.07) is 6.51. The second kappa shape index (κ2) is 4.97. The van der Waals surface area contributed by atoms with Gasteiger partial charge in [-0.05, 0) is 36.6 Å². The van der Waals surface area contributed by atoms with Crippen LogP contribution in [-0.2, 0) is 11.2 Å². The van der Waals surface area contributed by atoms with Crippen LogP contribution >= 0.6 is 11.6 Å². The summed E-state index contributed by atoms with van der Waals surface area (Å²) in [5.41, 5.74) is 2.61. The molecule has 2 nitrogen and oxygen atoms in total. The molecule has 1 aromatic carbocycles. The van der Waals surface area contributed by atoms with E-state index in [1.165, 1.54) is 11.1 Å². The second-order valence-electron chi connectivity index (χ2n) is 4.00. The standard InChI is InChI=1S/C12H16ClNO/c1-9-6-11(13)3-2-10(9)7-12-8-15-5-4-14-12/h2-3,6,12,14H,4-5,7-8H2,1H3. The fourth-order valence-electron chi connectivity index (χ4n) is 1.90. The molecule has 3 heteroatoms. The fourth-order valence-corrected chi connectivity index (χ4v) is 2.13. The lowest BCUT2D eigenvalue weighted by Crippen LogP contribution is -2.42. The molecule has 1 atom stereocenters. The van der Waals surface area contributed by atoms with Gasteiger partial charge in [0.25, 0.3) is 0 Å². The maximum atomic E-state index is 5.92.